The van der Waals surface area contributed by atoms with Crippen molar-refractivity contribution in [3.63, 3.8) is 0 Å². The van der Waals surface area contributed by atoms with Crippen LogP contribution in [0.2, 0.25) is 0 Å². The third-order valence-electron chi connectivity index (χ3n) is 2.53. The van der Waals surface area contributed by atoms with E-state index in [4.69, 9.17) is 10.7 Å². The van der Waals surface area contributed by atoms with Crippen LogP contribution in [0.1, 0.15) is 16.8 Å². The Morgan fingerprint density at radius 1 is 1.33 bits per heavy atom. The van der Waals surface area contributed by atoms with E-state index in [1.165, 1.54) is 0 Å². The molecule has 21 heavy (non-hydrogen) atoms. The maximum atomic E-state index is 13.5. The lowest BCUT2D eigenvalue weighted by Crippen LogP contribution is -2.31. The van der Waals surface area contributed by atoms with Gasteiger partial charge in [0.15, 0.2) is 0 Å². The van der Waals surface area contributed by atoms with Gasteiger partial charge in [-0.3, -0.25) is 4.79 Å². The molecule has 10 heteroatoms. The van der Waals surface area contributed by atoms with E-state index in [0.717, 1.165) is 13.1 Å². The van der Waals surface area contributed by atoms with E-state index >= 15 is 0 Å². The quantitative estimate of drug-likeness (QED) is 0.621. The van der Waals surface area contributed by atoms with E-state index in [-0.39, 0.29) is 0 Å². The minimum absolute atomic E-state index is 0.516. The van der Waals surface area contributed by atoms with Crippen LogP contribution in [0, 0.1) is 5.82 Å². The first-order valence-electron chi connectivity index (χ1n) is 5.48. The number of rotatable bonds is 4. The topological polar surface area (TPSA) is 54.5 Å². The van der Waals surface area contributed by atoms with Crippen molar-refractivity contribution in [1.29, 1.82) is 0 Å². The van der Waals surface area contributed by atoms with Gasteiger partial charge < -0.3 is 4.90 Å². The summed E-state index contributed by atoms with van der Waals surface area (Å²) in [4.78, 5) is 12.0. The van der Waals surface area contributed by atoms with Gasteiger partial charge in [0.1, 0.15) is 5.82 Å². The Hall–Kier alpha value is -1.35. The van der Waals surface area contributed by atoms with Crippen LogP contribution in [-0.2, 0) is 9.05 Å². The molecular weight excluding hydrogens is 338 g/mol. The number of halogens is 5. The Kier molecular flexibility index (Phi) is 5.21. The smallest absolute Gasteiger partial charge is 0.341 e. The lowest BCUT2D eigenvalue weighted by Gasteiger charge is -2.18. The standard InChI is InChI=1S/C11H10ClF4NO3S/c1-17(5-4-11(14,15)16)10(18)8-6-7(21(12,19)20)2-3-9(8)13/h2-3,6H,4-5H2,1H3. The van der Waals surface area contributed by atoms with Gasteiger partial charge in [-0.25, -0.2) is 12.8 Å². The molecule has 1 rings (SSSR count). The number of alkyl halides is 3. The highest BCUT2D eigenvalue weighted by atomic mass is 35.7. The van der Waals surface area contributed by atoms with E-state index < -0.39 is 50.4 Å². The second-order valence-electron chi connectivity index (χ2n) is 4.17. The molecule has 1 aromatic rings. The number of carbonyl (C=O) groups is 1. The van der Waals surface area contributed by atoms with E-state index in [2.05, 4.69) is 0 Å². The fourth-order valence-electron chi connectivity index (χ4n) is 1.42. The van der Waals surface area contributed by atoms with E-state index in [9.17, 15) is 30.8 Å². The van der Waals surface area contributed by atoms with Crippen LogP contribution in [0.4, 0.5) is 17.6 Å². The van der Waals surface area contributed by atoms with Crippen molar-refractivity contribution in [2.45, 2.75) is 17.5 Å². The average molecular weight is 348 g/mol. The highest BCUT2D eigenvalue weighted by molar-refractivity contribution is 8.13. The van der Waals surface area contributed by atoms with Gasteiger partial charge in [0.05, 0.1) is 16.9 Å². The normalized spacial score (nSPS) is 12.3. The summed E-state index contributed by atoms with van der Waals surface area (Å²) in [6.45, 7) is -0.681. The molecule has 0 aliphatic rings. The highest BCUT2D eigenvalue weighted by Gasteiger charge is 2.29. The maximum absolute atomic E-state index is 13.5. The Morgan fingerprint density at radius 3 is 2.38 bits per heavy atom. The summed E-state index contributed by atoms with van der Waals surface area (Å²) >= 11 is 0. The summed E-state index contributed by atoms with van der Waals surface area (Å²) in [6, 6.07) is 2.24. The van der Waals surface area contributed by atoms with Gasteiger partial charge in [0.2, 0.25) is 0 Å². The van der Waals surface area contributed by atoms with Crippen molar-refractivity contribution < 1.29 is 30.8 Å². The second kappa shape index (κ2) is 6.18. The molecule has 0 bridgehead atoms. The molecule has 0 radical (unpaired) electrons. The minimum atomic E-state index is -4.46. The average Bonchev–Trinajstić information content (AvgIpc) is 2.33. The van der Waals surface area contributed by atoms with Crippen LogP contribution >= 0.6 is 10.7 Å². The number of amides is 1. The molecule has 1 amide bonds. The summed E-state index contributed by atoms with van der Waals surface area (Å²) in [5.41, 5.74) is -0.665. The van der Waals surface area contributed by atoms with Gasteiger partial charge in [-0.1, -0.05) is 0 Å². The first-order valence-corrected chi connectivity index (χ1v) is 7.79. The third-order valence-corrected chi connectivity index (χ3v) is 3.88. The van der Waals surface area contributed by atoms with Crippen LogP contribution in [-0.4, -0.2) is 39.0 Å². The Bertz CT molecular complexity index is 645. The van der Waals surface area contributed by atoms with Gasteiger partial charge in [-0.15, -0.1) is 0 Å². The minimum Gasteiger partial charge on any atom is -0.341 e. The molecule has 0 spiro atoms. The maximum Gasteiger partial charge on any atom is 0.390 e. The van der Waals surface area contributed by atoms with E-state index in [0.29, 0.717) is 17.0 Å². The summed E-state index contributed by atoms with van der Waals surface area (Å²) in [7, 11) is 1.93. The first-order chi connectivity index (χ1) is 9.42. The highest BCUT2D eigenvalue weighted by Crippen LogP contribution is 2.22. The molecule has 0 saturated heterocycles. The van der Waals surface area contributed by atoms with Crippen LogP contribution in [0.5, 0.6) is 0 Å². The number of hydrogen-bond donors (Lipinski definition) is 0. The summed E-state index contributed by atoms with van der Waals surface area (Å²) in [5.74, 6) is -2.12. The number of benzene rings is 1. The summed E-state index contributed by atoms with van der Waals surface area (Å²) in [5, 5.41) is 0. The Morgan fingerprint density at radius 2 is 1.90 bits per heavy atom. The molecule has 0 unspecified atom stereocenters. The fraction of sp³-hybridized carbons (Fsp3) is 0.364. The van der Waals surface area contributed by atoms with Gasteiger partial charge >= 0.3 is 6.18 Å². The van der Waals surface area contributed by atoms with E-state index in [1.807, 2.05) is 0 Å². The van der Waals surface area contributed by atoms with Gasteiger partial charge in [0, 0.05) is 24.3 Å². The van der Waals surface area contributed by atoms with Crippen LogP contribution in [0.25, 0.3) is 0 Å². The molecule has 0 atom stereocenters. The SMILES string of the molecule is CN(CCC(F)(F)F)C(=O)c1cc(S(=O)(=O)Cl)ccc1F. The zero-order valence-corrected chi connectivity index (χ0v) is 12.2. The number of hydrogen-bond acceptors (Lipinski definition) is 3. The lowest BCUT2D eigenvalue weighted by atomic mass is 10.2. The zero-order chi connectivity index (χ0) is 16.4. The zero-order valence-electron chi connectivity index (χ0n) is 10.6. The lowest BCUT2D eigenvalue weighted by molar-refractivity contribution is -0.136. The molecule has 118 valence electrons. The van der Waals surface area contributed by atoms with Crippen molar-refractivity contribution in [1.82, 2.24) is 4.90 Å². The predicted molar refractivity (Wildman–Crippen MR) is 67.1 cm³/mol. The number of carbonyl (C=O) groups excluding carboxylic acids is 1. The fourth-order valence-corrected chi connectivity index (χ4v) is 2.20. The summed E-state index contributed by atoms with van der Waals surface area (Å²) < 4.78 is 72.0. The molecule has 4 nitrogen and oxygen atoms in total. The van der Waals surface area contributed by atoms with Crippen molar-refractivity contribution in [3.05, 3.63) is 29.6 Å². The molecule has 0 N–H and O–H groups in total. The van der Waals surface area contributed by atoms with Gasteiger partial charge in [0.25, 0.3) is 15.0 Å². The molecule has 0 aromatic heterocycles. The van der Waals surface area contributed by atoms with Crippen molar-refractivity contribution >= 4 is 25.6 Å². The van der Waals surface area contributed by atoms with Gasteiger partial charge in [-0.2, -0.15) is 13.2 Å². The Labute approximate surface area is 122 Å². The van der Waals surface area contributed by atoms with Crippen molar-refractivity contribution in [2.24, 2.45) is 0 Å². The second-order valence-corrected chi connectivity index (χ2v) is 6.74. The van der Waals surface area contributed by atoms with Crippen molar-refractivity contribution in [3.8, 4) is 0 Å². The van der Waals surface area contributed by atoms with Crippen LogP contribution < -0.4 is 0 Å². The van der Waals surface area contributed by atoms with E-state index in [1.54, 1.807) is 0 Å². The first kappa shape index (κ1) is 17.7. The van der Waals surface area contributed by atoms with Gasteiger partial charge in [-0.05, 0) is 18.2 Å². The third kappa shape index (κ3) is 5.16. The summed E-state index contributed by atoms with van der Waals surface area (Å²) in [6.07, 6.45) is -5.72. The molecule has 0 saturated carbocycles. The molecule has 0 heterocycles. The molecular formula is C11H10ClF4NO3S. The molecule has 0 fully saturated rings. The van der Waals surface area contributed by atoms with Crippen LogP contribution in [0.15, 0.2) is 23.1 Å². The molecule has 0 aliphatic heterocycles. The Balaban J connectivity index is 3.02. The predicted octanol–water partition coefficient (Wildman–Crippen LogP) is 2.78. The monoisotopic (exact) mass is 347 g/mol. The molecule has 0 aliphatic carbocycles. The largest absolute Gasteiger partial charge is 0.390 e. The molecule has 1 aromatic carbocycles. The van der Waals surface area contributed by atoms with Crippen LogP contribution in [0.3, 0.4) is 0 Å². The van der Waals surface area contributed by atoms with Crippen molar-refractivity contribution in [2.75, 3.05) is 13.6 Å². The number of nitrogens with zero attached hydrogens (tertiary/aromatic N) is 1.